The second-order valence-electron chi connectivity index (χ2n) is 5.74. The predicted octanol–water partition coefficient (Wildman–Crippen LogP) is 2.40. The number of halogens is 3. The van der Waals surface area contributed by atoms with Crippen LogP contribution in [0.1, 0.15) is 12.8 Å². The molecule has 0 unspecified atom stereocenters. The van der Waals surface area contributed by atoms with Gasteiger partial charge in [0.15, 0.2) is 0 Å². The lowest BCUT2D eigenvalue weighted by Gasteiger charge is -2.23. The van der Waals surface area contributed by atoms with Crippen molar-refractivity contribution in [3.63, 3.8) is 0 Å². The third kappa shape index (κ3) is 3.30. The highest BCUT2D eigenvalue weighted by molar-refractivity contribution is 5.96. The van der Waals surface area contributed by atoms with E-state index in [9.17, 15) is 27.9 Å². The molecule has 1 aromatic carbocycles. The Morgan fingerprint density at radius 3 is 2.25 bits per heavy atom. The number of aliphatic carboxylic acids is 1. The minimum Gasteiger partial charge on any atom is -0.481 e. The van der Waals surface area contributed by atoms with Crippen LogP contribution in [0.2, 0.25) is 0 Å². The summed E-state index contributed by atoms with van der Waals surface area (Å²) in [6.45, 7) is 0. The molecule has 0 aromatic heterocycles. The van der Waals surface area contributed by atoms with Gasteiger partial charge in [0.1, 0.15) is 5.75 Å². The number of benzene rings is 1. The van der Waals surface area contributed by atoms with Crippen LogP contribution in [-0.4, -0.2) is 35.6 Å². The molecule has 24 heavy (non-hydrogen) atoms. The molecule has 2 bridgehead atoms. The van der Waals surface area contributed by atoms with Gasteiger partial charge >= 0.3 is 12.3 Å². The quantitative estimate of drug-likeness (QED) is 0.875. The first-order valence-electron chi connectivity index (χ1n) is 7.29. The summed E-state index contributed by atoms with van der Waals surface area (Å²) in [5.41, 5.74) is 0.251. The van der Waals surface area contributed by atoms with Crippen molar-refractivity contribution < 1.29 is 37.3 Å². The molecule has 6 nitrogen and oxygen atoms in total. The number of carboxylic acids is 1. The molecular weight excluding hydrogens is 331 g/mol. The Balaban J connectivity index is 1.67. The molecule has 0 radical (unpaired) electrons. The Morgan fingerprint density at radius 1 is 1.12 bits per heavy atom. The molecule has 4 atom stereocenters. The van der Waals surface area contributed by atoms with Crippen LogP contribution in [0.15, 0.2) is 24.3 Å². The Morgan fingerprint density at radius 2 is 1.71 bits per heavy atom. The van der Waals surface area contributed by atoms with Crippen molar-refractivity contribution in [1.82, 2.24) is 0 Å². The van der Waals surface area contributed by atoms with Crippen molar-refractivity contribution in [2.45, 2.75) is 31.4 Å². The molecule has 0 aliphatic carbocycles. The average Bonchev–Trinajstić information content (AvgIpc) is 3.08. The van der Waals surface area contributed by atoms with Crippen LogP contribution >= 0.6 is 0 Å². The van der Waals surface area contributed by atoms with Crippen molar-refractivity contribution >= 4 is 17.6 Å². The molecule has 0 spiro atoms. The summed E-state index contributed by atoms with van der Waals surface area (Å²) in [7, 11) is 0. The molecule has 2 saturated heterocycles. The summed E-state index contributed by atoms with van der Waals surface area (Å²) < 4.78 is 45.5. The van der Waals surface area contributed by atoms with E-state index in [4.69, 9.17) is 4.74 Å². The highest BCUT2D eigenvalue weighted by Crippen LogP contribution is 2.44. The minimum absolute atomic E-state index is 0.251. The summed E-state index contributed by atoms with van der Waals surface area (Å²) in [5, 5.41) is 11.8. The van der Waals surface area contributed by atoms with Gasteiger partial charge in [0.2, 0.25) is 5.91 Å². The number of carboxylic acid groups (broad SMARTS) is 1. The zero-order valence-electron chi connectivity index (χ0n) is 12.2. The van der Waals surface area contributed by atoms with Crippen molar-refractivity contribution in [2.75, 3.05) is 5.32 Å². The molecule has 2 aliphatic heterocycles. The molecule has 1 amide bonds. The second kappa shape index (κ2) is 5.97. The van der Waals surface area contributed by atoms with Crippen molar-refractivity contribution in [2.24, 2.45) is 11.8 Å². The monoisotopic (exact) mass is 345 g/mol. The summed E-state index contributed by atoms with van der Waals surface area (Å²) in [4.78, 5) is 23.7. The molecule has 1 aromatic rings. The van der Waals surface area contributed by atoms with Crippen LogP contribution in [0.3, 0.4) is 0 Å². The van der Waals surface area contributed by atoms with Crippen LogP contribution in [0, 0.1) is 11.8 Å². The topological polar surface area (TPSA) is 84.9 Å². The van der Waals surface area contributed by atoms with Gasteiger partial charge in [0, 0.05) is 5.69 Å². The fourth-order valence-electron chi connectivity index (χ4n) is 3.29. The maximum atomic E-state index is 12.4. The number of hydrogen-bond donors (Lipinski definition) is 2. The Hall–Kier alpha value is -2.29. The van der Waals surface area contributed by atoms with Gasteiger partial charge in [-0.15, -0.1) is 13.2 Å². The molecular formula is C15H14F3NO5. The van der Waals surface area contributed by atoms with Gasteiger partial charge < -0.3 is 19.9 Å². The molecule has 3 rings (SSSR count). The van der Waals surface area contributed by atoms with E-state index in [1.54, 1.807) is 0 Å². The summed E-state index contributed by atoms with van der Waals surface area (Å²) in [5.74, 6) is -3.73. The zero-order chi connectivity index (χ0) is 17.5. The second-order valence-corrected chi connectivity index (χ2v) is 5.74. The lowest BCUT2D eigenvalue weighted by Crippen LogP contribution is -2.40. The third-order valence-corrected chi connectivity index (χ3v) is 4.22. The van der Waals surface area contributed by atoms with Crippen LogP contribution in [-0.2, 0) is 14.3 Å². The highest BCUT2D eigenvalue weighted by Gasteiger charge is 2.55. The van der Waals surface area contributed by atoms with E-state index < -0.39 is 48.0 Å². The highest BCUT2D eigenvalue weighted by atomic mass is 19.4. The van der Waals surface area contributed by atoms with Crippen molar-refractivity contribution in [3.05, 3.63) is 24.3 Å². The first-order chi connectivity index (χ1) is 11.2. The summed E-state index contributed by atoms with van der Waals surface area (Å²) in [6.07, 6.45) is -4.48. The molecule has 0 saturated carbocycles. The number of alkyl halides is 3. The first kappa shape index (κ1) is 16.6. The minimum atomic E-state index is -4.79. The number of anilines is 1. The normalized spacial score (nSPS) is 28.6. The Kier molecular flexibility index (Phi) is 4.12. The van der Waals surface area contributed by atoms with Crippen molar-refractivity contribution in [1.29, 1.82) is 0 Å². The largest absolute Gasteiger partial charge is 0.573 e. The van der Waals surface area contributed by atoms with Gasteiger partial charge in [0.05, 0.1) is 24.0 Å². The molecule has 9 heteroatoms. The summed E-state index contributed by atoms with van der Waals surface area (Å²) in [6, 6.07) is 4.63. The van der Waals surface area contributed by atoms with E-state index in [0.717, 1.165) is 12.1 Å². The molecule has 2 N–H and O–H groups in total. The molecule has 130 valence electrons. The van der Waals surface area contributed by atoms with Crippen LogP contribution < -0.4 is 10.1 Å². The lowest BCUT2D eigenvalue weighted by molar-refractivity contribution is -0.274. The SMILES string of the molecule is O=C(O)[C@H]1[C@H](C(=O)Nc2ccc(OC(F)(F)F)cc2)[C@H]2CC[C@H]1O2. The van der Waals surface area contributed by atoms with Gasteiger partial charge in [-0.25, -0.2) is 0 Å². The van der Waals surface area contributed by atoms with E-state index in [1.807, 2.05) is 0 Å². The van der Waals surface area contributed by atoms with Crippen LogP contribution in [0.4, 0.5) is 18.9 Å². The van der Waals surface area contributed by atoms with E-state index in [-0.39, 0.29) is 5.69 Å². The van der Waals surface area contributed by atoms with Crippen LogP contribution in [0.25, 0.3) is 0 Å². The third-order valence-electron chi connectivity index (χ3n) is 4.22. The molecule has 2 aliphatic rings. The van der Waals surface area contributed by atoms with Gasteiger partial charge in [-0.2, -0.15) is 0 Å². The van der Waals surface area contributed by atoms with Gasteiger partial charge in [-0.3, -0.25) is 9.59 Å². The number of carbonyl (C=O) groups excluding carboxylic acids is 1. The number of carbonyl (C=O) groups is 2. The van der Waals surface area contributed by atoms with Crippen LogP contribution in [0.5, 0.6) is 5.75 Å². The van der Waals surface area contributed by atoms with E-state index in [1.165, 1.54) is 12.1 Å². The standard InChI is InChI=1S/C15H14F3NO5/c16-15(17,18)24-8-3-1-7(2-4-8)19-13(20)11-9-5-6-10(23-9)12(11)14(21)22/h1-4,9-12H,5-6H2,(H,19,20)(H,21,22)/t9-,10-,11-,12-/m1/s1. The first-order valence-corrected chi connectivity index (χ1v) is 7.29. The predicted molar refractivity (Wildman–Crippen MR) is 74.3 cm³/mol. The maximum absolute atomic E-state index is 12.4. The Bertz CT molecular complexity index is 646. The Labute approximate surface area is 134 Å². The number of rotatable bonds is 4. The van der Waals surface area contributed by atoms with Gasteiger partial charge in [-0.1, -0.05) is 0 Å². The average molecular weight is 345 g/mol. The van der Waals surface area contributed by atoms with Crippen molar-refractivity contribution in [3.8, 4) is 5.75 Å². The number of fused-ring (bicyclic) bond motifs is 2. The molecule has 2 fully saturated rings. The lowest BCUT2D eigenvalue weighted by atomic mass is 9.78. The fourth-order valence-corrected chi connectivity index (χ4v) is 3.29. The number of hydrogen-bond acceptors (Lipinski definition) is 4. The van der Waals surface area contributed by atoms with E-state index in [2.05, 4.69) is 10.1 Å². The number of amides is 1. The smallest absolute Gasteiger partial charge is 0.481 e. The van der Waals surface area contributed by atoms with Gasteiger partial charge in [0.25, 0.3) is 0 Å². The molecule has 2 heterocycles. The van der Waals surface area contributed by atoms with Gasteiger partial charge in [-0.05, 0) is 37.1 Å². The van der Waals surface area contributed by atoms with E-state index in [0.29, 0.717) is 12.8 Å². The zero-order valence-corrected chi connectivity index (χ0v) is 12.2. The number of ether oxygens (including phenoxy) is 2. The summed E-state index contributed by atoms with van der Waals surface area (Å²) >= 11 is 0. The maximum Gasteiger partial charge on any atom is 0.573 e. The number of nitrogens with one attached hydrogen (secondary N) is 1. The van der Waals surface area contributed by atoms with E-state index >= 15 is 0 Å². The fraction of sp³-hybridized carbons (Fsp3) is 0.467.